The van der Waals surface area contributed by atoms with E-state index in [0.717, 1.165) is 4.47 Å². The molecule has 0 heterocycles. The zero-order valence-corrected chi connectivity index (χ0v) is 14.3. The topological polar surface area (TPSA) is 50.4 Å². The van der Waals surface area contributed by atoms with Crippen molar-refractivity contribution in [1.29, 1.82) is 0 Å². The molecule has 2 amide bonds. The van der Waals surface area contributed by atoms with Gasteiger partial charge in [0.15, 0.2) is 0 Å². The van der Waals surface area contributed by atoms with Gasteiger partial charge < -0.3 is 15.4 Å². The van der Waals surface area contributed by atoms with Crippen LogP contribution in [0.15, 0.2) is 22.7 Å². The number of halogens is 2. The molecule has 0 aliphatic rings. The van der Waals surface area contributed by atoms with E-state index in [0.29, 0.717) is 30.3 Å². The lowest BCUT2D eigenvalue weighted by Crippen LogP contribution is -2.46. The molecule has 4 nitrogen and oxygen atoms in total. The first-order valence-electron chi connectivity index (χ1n) is 6.42. The van der Waals surface area contributed by atoms with Gasteiger partial charge in [0.2, 0.25) is 0 Å². The summed E-state index contributed by atoms with van der Waals surface area (Å²) in [6.07, 6.45) is 0.712. The first-order chi connectivity index (χ1) is 9.28. The van der Waals surface area contributed by atoms with Crippen molar-refractivity contribution in [2.75, 3.05) is 13.2 Å². The summed E-state index contributed by atoms with van der Waals surface area (Å²) in [6.45, 7) is 6.86. The molecule has 0 spiro atoms. The van der Waals surface area contributed by atoms with Crippen molar-refractivity contribution in [2.45, 2.75) is 32.7 Å². The van der Waals surface area contributed by atoms with E-state index < -0.39 is 0 Å². The molecule has 20 heavy (non-hydrogen) atoms. The number of hydrogen-bond acceptors (Lipinski definition) is 2. The number of ether oxygens (including phenoxy) is 1. The number of urea groups is 1. The van der Waals surface area contributed by atoms with Crippen LogP contribution >= 0.6 is 27.5 Å². The molecule has 1 rings (SSSR count). The fourth-order valence-corrected chi connectivity index (χ4v) is 2.16. The first kappa shape index (κ1) is 17.1. The molecule has 0 bridgehead atoms. The second-order valence-electron chi connectivity index (χ2n) is 5.41. The Labute approximate surface area is 133 Å². The standard InChI is InChI=1S/C14H20BrClN2O2/c1-14(2,3)18-13(19)17-7-4-8-20-12-6-5-10(15)9-11(12)16/h5-6,9H,4,7-8H2,1-3H3,(H2,17,18,19). The fraction of sp³-hybridized carbons (Fsp3) is 0.500. The lowest BCUT2D eigenvalue weighted by molar-refractivity contribution is 0.230. The lowest BCUT2D eigenvalue weighted by atomic mass is 10.1. The Morgan fingerprint density at radius 1 is 1.40 bits per heavy atom. The minimum atomic E-state index is -0.231. The molecular formula is C14H20BrClN2O2. The number of benzene rings is 1. The van der Waals surface area contributed by atoms with E-state index in [2.05, 4.69) is 26.6 Å². The summed E-state index contributed by atoms with van der Waals surface area (Å²) in [5.41, 5.74) is -0.231. The summed E-state index contributed by atoms with van der Waals surface area (Å²) in [5.74, 6) is 0.647. The summed E-state index contributed by atoms with van der Waals surface area (Å²) in [4.78, 5) is 11.5. The summed E-state index contributed by atoms with van der Waals surface area (Å²) in [5, 5.41) is 6.17. The van der Waals surface area contributed by atoms with Gasteiger partial charge in [0.1, 0.15) is 5.75 Å². The zero-order valence-electron chi connectivity index (χ0n) is 11.9. The third kappa shape index (κ3) is 7.01. The van der Waals surface area contributed by atoms with Gasteiger partial charge in [-0.05, 0) is 45.4 Å². The van der Waals surface area contributed by atoms with Gasteiger partial charge in [-0.1, -0.05) is 27.5 Å². The SMILES string of the molecule is CC(C)(C)NC(=O)NCCCOc1ccc(Br)cc1Cl. The van der Waals surface area contributed by atoms with E-state index in [1.807, 2.05) is 32.9 Å². The van der Waals surface area contributed by atoms with Crippen molar-refractivity contribution in [2.24, 2.45) is 0 Å². The number of rotatable bonds is 5. The number of carbonyl (C=O) groups excluding carboxylic acids is 1. The maximum Gasteiger partial charge on any atom is 0.315 e. The van der Waals surface area contributed by atoms with Crippen LogP contribution in [0.4, 0.5) is 4.79 Å². The van der Waals surface area contributed by atoms with E-state index in [1.54, 1.807) is 6.07 Å². The molecule has 0 aliphatic carbocycles. The van der Waals surface area contributed by atoms with Crippen LogP contribution in [-0.2, 0) is 0 Å². The Bertz CT molecular complexity index is 461. The Kier molecular flexibility index (Phi) is 6.62. The maximum absolute atomic E-state index is 11.5. The molecule has 6 heteroatoms. The van der Waals surface area contributed by atoms with Crippen molar-refractivity contribution in [1.82, 2.24) is 10.6 Å². The fourth-order valence-electron chi connectivity index (χ4n) is 1.43. The van der Waals surface area contributed by atoms with Gasteiger partial charge in [0.25, 0.3) is 0 Å². The Hall–Kier alpha value is -0.940. The first-order valence-corrected chi connectivity index (χ1v) is 7.59. The summed E-state index contributed by atoms with van der Waals surface area (Å²) >= 11 is 9.37. The van der Waals surface area contributed by atoms with Crippen LogP contribution in [0.3, 0.4) is 0 Å². The highest BCUT2D eigenvalue weighted by atomic mass is 79.9. The van der Waals surface area contributed by atoms with E-state index in [1.165, 1.54) is 0 Å². The molecule has 0 aliphatic heterocycles. The van der Waals surface area contributed by atoms with Gasteiger partial charge in [-0.2, -0.15) is 0 Å². The van der Waals surface area contributed by atoms with E-state index in [9.17, 15) is 4.79 Å². The van der Waals surface area contributed by atoms with Gasteiger partial charge in [0.05, 0.1) is 11.6 Å². The second-order valence-corrected chi connectivity index (χ2v) is 6.73. The van der Waals surface area contributed by atoms with Crippen LogP contribution in [0.5, 0.6) is 5.75 Å². The van der Waals surface area contributed by atoms with Crippen molar-refractivity contribution < 1.29 is 9.53 Å². The van der Waals surface area contributed by atoms with Crippen LogP contribution in [0.25, 0.3) is 0 Å². The minimum Gasteiger partial charge on any atom is -0.492 e. The van der Waals surface area contributed by atoms with Gasteiger partial charge in [0, 0.05) is 16.6 Å². The average Bonchev–Trinajstić information content (AvgIpc) is 2.28. The van der Waals surface area contributed by atoms with E-state index in [-0.39, 0.29) is 11.6 Å². The van der Waals surface area contributed by atoms with Crippen LogP contribution in [0.2, 0.25) is 5.02 Å². The van der Waals surface area contributed by atoms with E-state index in [4.69, 9.17) is 16.3 Å². The monoisotopic (exact) mass is 362 g/mol. The molecule has 1 aromatic carbocycles. The van der Waals surface area contributed by atoms with Crippen LogP contribution in [-0.4, -0.2) is 24.7 Å². The highest BCUT2D eigenvalue weighted by Crippen LogP contribution is 2.27. The third-order valence-corrected chi connectivity index (χ3v) is 3.04. The average molecular weight is 364 g/mol. The highest BCUT2D eigenvalue weighted by molar-refractivity contribution is 9.10. The molecule has 1 aromatic rings. The Morgan fingerprint density at radius 2 is 2.10 bits per heavy atom. The molecule has 0 saturated carbocycles. The molecule has 0 radical (unpaired) electrons. The zero-order chi connectivity index (χ0) is 15.2. The Balaban J connectivity index is 2.21. The van der Waals surface area contributed by atoms with Crippen LogP contribution in [0.1, 0.15) is 27.2 Å². The van der Waals surface area contributed by atoms with E-state index >= 15 is 0 Å². The Morgan fingerprint density at radius 3 is 2.70 bits per heavy atom. The number of nitrogens with one attached hydrogen (secondary N) is 2. The molecule has 2 N–H and O–H groups in total. The number of carbonyl (C=O) groups is 1. The number of amides is 2. The number of hydrogen-bond donors (Lipinski definition) is 2. The lowest BCUT2D eigenvalue weighted by Gasteiger charge is -2.20. The van der Waals surface area contributed by atoms with Gasteiger partial charge in [-0.25, -0.2) is 4.79 Å². The van der Waals surface area contributed by atoms with Crippen molar-refractivity contribution in [3.05, 3.63) is 27.7 Å². The normalized spacial score (nSPS) is 11.1. The highest BCUT2D eigenvalue weighted by Gasteiger charge is 2.12. The maximum atomic E-state index is 11.5. The van der Waals surface area contributed by atoms with Crippen molar-refractivity contribution in [3.8, 4) is 5.75 Å². The van der Waals surface area contributed by atoms with Crippen LogP contribution < -0.4 is 15.4 Å². The molecule has 0 saturated heterocycles. The molecular weight excluding hydrogens is 344 g/mol. The summed E-state index contributed by atoms with van der Waals surface area (Å²) in [6, 6.07) is 5.30. The molecule has 0 atom stereocenters. The van der Waals surface area contributed by atoms with Crippen molar-refractivity contribution in [3.63, 3.8) is 0 Å². The van der Waals surface area contributed by atoms with Gasteiger partial charge in [-0.15, -0.1) is 0 Å². The quantitative estimate of drug-likeness (QED) is 0.778. The van der Waals surface area contributed by atoms with Crippen molar-refractivity contribution >= 4 is 33.6 Å². The third-order valence-electron chi connectivity index (χ3n) is 2.25. The summed E-state index contributed by atoms with van der Waals surface area (Å²) in [7, 11) is 0. The molecule has 0 fully saturated rings. The molecule has 0 unspecified atom stereocenters. The summed E-state index contributed by atoms with van der Waals surface area (Å²) < 4.78 is 6.46. The molecule has 0 aromatic heterocycles. The van der Waals surface area contributed by atoms with Gasteiger partial charge >= 0.3 is 6.03 Å². The minimum absolute atomic E-state index is 0.167. The van der Waals surface area contributed by atoms with Crippen LogP contribution in [0, 0.1) is 0 Å². The predicted octanol–water partition coefficient (Wildman–Crippen LogP) is 3.97. The largest absolute Gasteiger partial charge is 0.492 e. The smallest absolute Gasteiger partial charge is 0.315 e. The second kappa shape index (κ2) is 7.74. The van der Waals surface area contributed by atoms with Gasteiger partial charge in [-0.3, -0.25) is 0 Å². The molecule has 112 valence electrons. The predicted molar refractivity (Wildman–Crippen MR) is 85.6 cm³/mol.